The number of amides is 1. The molecule has 1 fully saturated rings. The van der Waals surface area contributed by atoms with Gasteiger partial charge in [0.25, 0.3) is 5.91 Å². The van der Waals surface area contributed by atoms with Crippen molar-refractivity contribution in [2.24, 2.45) is 5.92 Å². The van der Waals surface area contributed by atoms with Gasteiger partial charge in [-0.1, -0.05) is 13.0 Å². The molecule has 0 radical (unpaired) electrons. The van der Waals surface area contributed by atoms with Crippen LogP contribution in [0.15, 0.2) is 46.7 Å². The van der Waals surface area contributed by atoms with Crippen LogP contribution in [0.1, 0.15) is 41.9 Å². The number of sulfonamides is 1. The Morgan fingerprint density at radius 2 is 1.85 bits per heavy atom. The molecule has 0 aliphatic carbocycles. The van der Waals surface area contributed by atoms with Crippen LogP contribution in [0.3, 0.4) is 0 Å². The van der Waals surface area contributed by atoms with Gasteiger partial charge in [0.1, 0.15) is 0 Å². The van der Waals surface area contributed by atoms with Gasteiger partial charge in [0.2, 0.25) is 10.0 Å². The molecule has 0 bridgehead atoms. The molecule has 0 N–H and O–H groups in total. The summed E-state index contributed by atoms with van der Waals surface area (Å²) in [6, 6.07) is 10.3. The van der Waals surface area contributed by atoms with E-state index >= 15 is 0 Å². The fourth-order valence-corrected chi connectivity index (χ4v) is 5.43. The van der Waals surface area contributed by atoms with Crippen molar-refractivity contribution < 1.29 is 13.2 Å². The van der Waals surface area contributed by atoms with Crippen LogP contribution in [-0.4, -0.2) is 43.2 Å². The molecule has 0 spiro atoms. The van der Waals surface area contributed by atoms with Gasteiger partial charge >= 0.3 is 0 Å². The second-order valence-electron chi connectivity index (χ2n) is 7.01. The fraction of sp³-hybridized carbons (Fsp3) is 0.450. The van der Waals surface area contributed by atoms with Gasteiger partial charge < -0.3 is 4.90 Å². The lowest BCUT2D eigenvalue weighted by Crippen LogP contribution is -2.37. The average molecular weight is 407 g/mol. The lowest BCUT2D eigenvalue weighted by atomic mass is 10.0. The Balaban J connectivity index is 1.73. The van der Waals surface area contributed by atoms with Gasteiger partial charge in [-0.25, -0.2) is 8.42 Å². The number of carbonyl (C=O) groups excluding carboxylic acids is 1. The number of hydrogen-bond donors (Lipinski definition) is 0. The summed E-state index contributed by atoms with van der Waals surface area (Å²) in [4.78, 5) is 15.9. The van der Waals surface area contributed by atoms with Gasteiger partial charge in [0, 0.05) is 30.1 Å². The minimum Gasteiger partial charge on any atom is -0.334 e. The molecule has 5 nitrogen and oxygen atoms in total. The maximum Gasteiger partial charge on any atom is 0.254 e. The molecular formula is C20H26N2O3S2. The van der Waals surface area contributed by atoms with E-state index < -0.39 is 10.0 Å². The number of benzene rings is 1. The maximum atomic E-state index is 12.8. The second kappa shape index (κ2) is 8.54. The Morgan fingerprint density at radius 1 is 1.19 bits per heavy atom. The van der Waals surface area contributed by atoms with E-state index in [1.807, 2.05) is 24.4 Å². The van der Waals surface area contributed by atoms with E-state index in [0.29, 0.717) is 37.7 Å². The van der Waals surface area contributed by atoms with Crippen molar-refractivity contribution in [1.82, 2.24) is 9.21 Å². The number of rotatable bonds is 6. The summed E-state index contributed by atoms with van der Waals surface area (Å²) >= 11 is 1.62. The van der Waals surface area contributed by atoms with Crippen molar-refractivity contribution in [2.45, 2.75) is 38.1 Å². The Kier molecular flexibility index (Phi) is 6.34. The van der Waals surface area contributed by atoms with Gasteiger partial charge in [0.05, 0.1) is 11.4 Å². The highest BCUT2D eigenvalue weighted by molar-refractivity contribution is 7.89. The van der Waals surface area contributed by atoms with Crippen LogP contribution in [0.2, 0.25) is 0 Å². The molecule has 1 saturated heterocycles. The summed E-state index contributed by atoms with van der Waals surface area (Å²) < 4.78 is 27.2. The predicted molar refractivity (Wildman–Crippen MR) is 108 cm³/mol. The van der Waals surface area contributed by atoms with Crippen molar-refractivity contribution in [1.29, 1.82) is 0 Å². The first-order chi connectivity index (χ1) is 12.9. The molecular weight excluding hydrogens is 380 g/mol. The average Bonchev–Trinajstić information content (AvgIpc) is 3.19. The standard InChI is InChI=1S/C20H26N2O3S2/c1-3-21(15-18-5-4-14-26-18)20(23)17-6-8-19(9-7-17)27(24,25)22-12-10-16(2)11-13-22/h4-9,14,16H,3,10-13,15H2,1-2H3. The molecule has 7 heteroatoms. The van der Waals surface area contributed by atoms with Gasteiger partial charge in [-0.3, -0.25) is 4.79 Å². The van der Waals surface area contributed by atoms with Crippen LogP contribution in [0, 0.1) is 5.92 Å². The predicted octanol–water partition coefficient (Wildman–Crippen LogP) is 3.83. The minimum atomic E-state index is -3.48. The van der Waals surface area contributed by atoms with E-state index in [4.69, 9.17) is 0 Å². The van der Waals surface area contributed by atoms with Gasteiger partial charge in [-0.2, -0.15) is 4.31 Å². The SMILES string of the molecule is CCN(Cc1cccs1)C(=O)c1ccc(S(=O)(=O)N2CCC(C)CC2)cc1. The van der Waals surface area contributed by atoms with E-state index in [1.165, 1.54) is 0 Å². The number of piperidine rings is 1. The van der Waals surface area contributed by atoms with Crippen LogP contribution in [0.25, 0.3) is 0 Å². The first-order valence-electron chi connectivity index (χ1n) is 9.33. The van der Waals surface area contributed by atoms with E-state index in [0.717, 1.165) is 17.7 Å². The van der Waals surface area contributed by atoms with E-state index in [2.05, 4.69) is 6.92 Å². The third kappa shape index (κ3) is 4.59. The summed E-state index contributed by atoms with van der Waals surface area (Å²) in [5.74, 6) is 0.487. The molecule has 0 unspecified atom stereocenters. The Bertz CT molecular complexity index is 853. The van der Waals surface area contributed by atoms with Crippen LogP contribution in [0.5, 0.6) is 0 Å². The fourth-order valence-electron chi connectivity index (χ4n) is 3.24. The van der Waals surface area contributed by atoms with Gasteiger partial charge in [0.15, 0.2) is 0 Å². The maximum absolute atomic E-state index is 12.8. The summed E-state index contributed by atoms with van der Waals surface area (Å²) in [6.07, 6.45) is 1.79. The number of carbonyl (C=O) groups is 1. The van der Waals surface area contributed by atoms with Crippen LogP contribution >= 0.6 is 11.3 Å². The van der Waals surface area contributed by atoms with Gasteiger partial charge in [-0.05, 0) is 61.4 Å². The Labute approximate surface area is 165 Å². The van der Waals surface area contributed by atoms with Crippen molar-refractivity contribution >= 4 is 27.3 Å². The number of hydrogen-bond acceptors (Lipinski definition) is 4. The lowest BCUT2D eigenvalue weighted by Gasteiger charge is -2.29. The van der Waals surface area contributed by atoms with Crippen LogP contribution < -0.4 is 0 Å². The lowest BCUT2D eigenvalue weighted by molar-refractivity contribution is 0.0754. The van der Waals surface area contributed by atoms with Gasteiger partial charge in [-0.15, -0.1) is 11.3 Å². The second-order valence-corrected chi connectivity index (χ2v) is 9.98. The monoisotopic (exact) mass is 406 g/mol. The molecule has 1 aromatic heterocycles. The van der Waals surface area contributed by atoms with E-state index in [9.17, 15) is 13.2 Å². The van der Waals surface area contributed by atoms with Crippen LogP contribution in [0.4, 0.5) is 0 Å². The highest BCUT2D eigenvalue weighted by Gasteiger charge is 2.28. The molecule has 1 aliphatic rings. The molecule has 2 heterocycles. The van der Waals surface area contributed by atoms with E-state index in [-0.39, 0.29) is 10.8 Å². The number of nitrogens with zero attached hydrogens (tertiary/aromatic N) is 2. The molecule has 1 aromatic carbocycles. The summed E-state index contributed by atoms with van der Waals surface area (Å²) in [6.45, 7) is 6.40. The van der Waals surface area contributed by atoms with Crippen molar-refractivity contribution in [3.8, 4) is 0 Å². The molecule has 3 rings (SSSR count). The number of thiophene rings is 1. The summed E-state index contributed by atoms with van der Waals surface area (Å²) in [5.41, 5.74) is 0.514. The zero-order valence-corrected chi connectivity index (χ0v) is 17.4. The van der Waals surface area contributed by atoms with Crippen molar-refractivity contribution in [3.63, 3.8) is 0 Å². The van der Waals surface area contributed by atoms with Crippen molar-refractivity contribution in [3.05, 3.63) is 52.2 Å². The molecule has 27 heavy (non-hydrogen) atoms. The molecule has 0 atom stereocenters. The highest BCUT2D eigenvalue weighted by atomic mass is 32.2. The molecule has 0 saturated carbocycles. The first kappa shape index (κ1) is 20.0. The summed E-state index contributed by atoms with van der Waals surface area (Å²) in [5, 5.41) is 1.99. The molecule has 1 amide bonds. The van der Waals surface area contributed by atoms with Crippen molar-refractivity contribution in [2.75, 3.05) is 19.6 Å². The van der Waals surface area contributed by atoms with E-state index in [1.54, 1.807) is 44.8 Å². The Hall–Kier alpha value is -1.70. The molecule has 146 valence electrons. The molecule has 1 aliphatic heterocycles. The zero-order valence-electron chi connectivity index (χ0n) is 15.8. The normalized spacial score (nSPS) is 16.4. The zero-order chi connectivity index (χ0) is 19.4. The smallest absolute Gasteiger partial charge is 0.254 e. The van der Waals surface area contributed by atoms with Crippen LogP contribution in [-0.2, 0) is 16.6 Å². The largest absolute Gasteiger partial charge is 0.334 e. The molecule has 2 aromatic rings. The topological polar surface area (TPSA) is 57.7 Å². The third-order valence-corrected chi connectivity index (χ3v) is 7.85. The highest BCUT2D eigenvalue weighted by Crippen LogP contribution is 2.24. The quantitative estimate of drug-likeness (QED) is 0.733. The third-order valence-electron chi connectivity index (χ3n) is 5.08. The summed E-state index contributed by atoms with van der Waals surface area (Å²) in [7, 11) is -3.48. The minimum absolute atomic E-state index is 0.0818. The first-order valence-corrected chi connectivity index (χ1v) is 11.7. The Morgan fingerprint density at radius 3 is 2.41 bits per heavy atom.